The van der Waals surface area contributed by atoms with Crippen LogP contribution in [0.5, 0.6) is 0 Å². The van der Waals surface area contributed by atoms with Gasteiger partial charge in [-0.3, -0.25) is 0 Å². The summed E-state index contributed by atoms with van der Waals surface area (Å²) in [5.41, 5.74) is 9.42. The highest BCUT2D eigenvalue weighted by molar-refractivity contribution is 5.95. The lowest BCUT2D eigenvalue weighted by Crippen LogP contribution is -2.05. The second kappa shape index (κ2) is 4.63. The van der Waals surface area contributed by atoms with E-state index in [0.717, 1.165) is 12.8 Å². The topological polar surface area (TPSA) is 20.7 Å². The average molecular weight is 298 g/mol. The maximum Gasteiger partial charge on any atom is 0.0591 e. The molecule has 0 spiro atoms. The third kappa shape index (κ3) is 1.75. The Bertz CT molecular complexity index is 1020. The molecule has 112 valence electrons. The van der Waals surface area contributed by atoms with Crippen LogP contribution in [-0.4, -0.2) is 9.55 Å². The van der Waals surface area contributed by atoms with E-state index in [0.29, 0.717) is 0 Å². The number of aryl methyl sites for hydroxylation is 3. The van der Waals surface area contributed by atoms with Crippen molar-refractivity contribution in [3.05, 3.63) is 77.6 Å². The Labute approximate surface area is 135 Å². The number of hydrogen-bond donors (Lipinski definition) is 1. The van der Waals surface area contributed by atoms with Gasteiger partial charge in [-0.05, 0) is 55.7 Å². The van der Waals surface area contributed by atoms with Crippen LogP contribution in [0.4, 0.5) is 0 Å². The minimum atomic E-state index is 1.09. The molecule has 4 aromatic rings. The van der Waals surface area contributed by atoms with Crippen molar-refractivity contribution in [2.75, 3.05) is 0 Å². The molecule has 1 N–H and O–H groups in total. The van der Waals surface area contributed by atoms with Crippen LogP contribution in [0.15, 0.2) is 60.8 Å². The van der Waals surface area contributed by atoms with Gasteiger partial charge < -0.3 is 9.55 Å². The predicted octanol–water partition coefficient (Wildman–Crippen LogP) is 5.03. The molecule has 0 fully saturated rings. The Hall–Kier alpha value is -2.74. The Morgan fingerprint density at radius 1 is 0.957 bits per heavy atom. The molecule has 2 heteroatoms. The van der Waals surface area contributed by atoms with Crippen LogP contribution in [0.3, 0.4) is 0 Å². The number of aromatic nitrogens is 2. The molecular formula is C21H18N2. The Kier molecular flexibility index (Phi) is 2.57. The number of para-hydroxylation sites is 1. The second-order valence-corrected chi connectivity index (χ2v) is 6.39. The van der Waals surface area contributed by atoms with Gasteiger partial charge in [-0.1, -0.05) is 29.8 Å². The van der Waals surface area contributed by atoms with E-state index in [1.807, 2.05) is 0 Å². The van der Waals surface area contributed by atoms with E-state index in [1.54, 1.807) is 0 Å². The molecule has 0 radical (unpaired) electrons. The smallest absolute Gasteiger partial charge is 0.0591 e. The molecule has 2 nitrogen and oxygen atoms in total. The number of rotatable bonds is 1. The molecule has 2 aromatic heterocycles. The maximum atomic E-state index is 3.42. The van der Waals surface area contributed by atoms with Crippen LogP contribution >= 0.6 is 0 Å². The van der Waals surface area contributed by atoms with E-state index in [1.165, 1.54) is 44.7 Å². The first-order valence-electron chi connectivity index (χ1n) is 8.19. The van der Waals surface area contributed by atoms with Crippen molar-refractivity contribution in [2.24, 2.45) is 0 Å². The first kappa shape index (κ1) is 12.8. The molecule has 0 unspecified atom stereocenters. The molecule has 0 atom stereocenters. The zero-order valence-electron chi connectivity index (χ0n) is 13.1. The van der Waals surface area contributed by atoms with E-state index in [4.69, 9.17) is 0 Å². The van der Waals surface area contributed by atoms with Crippen LogP contribution in [0.2, 0.25) is 0 Å². The van der Waals surface area contributed by atoms with Crippen LogP contribution in [-0.2, 0) is 12.8 Å². The highest BCUT2D eigenvalue weighted by Gasteiger charge is 2.25. The molecule has 1 aliphatic carbocycles. The summed E-state index contributed by atoms with van der Waals surface area (Å²) in [7, 11) is 0. The lowest BCUT2D eigenvalue weighted by atomic mass is 9.93. The molecular weight excluding hydrogens is 280 g/mol. The van der Waals surface area contributed by atoms with Crippen LogP contribution in [0.25, 0.3) is 27.8 Å². The molecule has 0 saturated heterocycles. The Balaban J connectivity index is 1.96. The van der Waals surface area contributed by atoms with Crippen LogP contribution in [0, 0.1) is 6.92 Å². The summed E-state index contributed by atoms with van der Waals surface area (Å²) in [6.45, 7) is 2.18. The number of H-pyrrole nitrogens is 1. The van der Waals surface area contributed by atoms with Gasteiger partial charge in [0.1, 0.15) is 0 Å². The van der Waals surface area contributed by atoms with Crippen molar-refractivity contribution in [1.29, 1.82) is 0 Å². The van der Waals surface area contributed by atoms with E-state index >= 15 is 0 Å². The molecule has 23 heavy (non-hydrogen) atoms. The van der Waals surface area contributed by atoms with E-state index < -0.39 is 0 Å². The van der Waals surface area contributed by atoms with Crippen molar-refractivity contribution in [1.82, 2.24) is 9.55 Å². The van der Waals surface area contributed by atoms with Gasteiger partial charge in [-0.25, -0.2) is 0 Å². The summed E-state index contributed by atoms with van der Waals surface area (Å²) in [4.78, 5) is 3.42. The number of fused-ring (bicyclic) bond motifs is 5. The predicted molar refractivity (Wildman–Crippen MR) is 95.2 cm³/mol. The fourth-order valence-electron chi connectivity index (χ4n) is 3.93. The monoisotopic (exact) mass is 298 g/mol. The van der Waals surface area contributed by atoms with Crippen LogP contribution in [0.1, 0.15) is 16.8 Å². The highest BCUT2D eigenvalue weighted by atomic mass is 15.0. The maximum absolute atomic E-state index is 3.42. The summed E-state index contributed by atoms with van der Waals surface area (Å²) in [5, 5.41) is 1.40. The average Bonchev–Trinajstić information content (AvgIpc) is 3.17. The minimum absolute atomic E-state index is 1.09. The fraction of sp³-hybridized carbons (Fsp3) is 0.143. The third-order valence-corrected chi connectivity index (χ3v) is 4.95. The van der Waals surface area contributed by atoms with Crippen molar-refractivity contribution in [3.63, 3.8) is 0 Å². The van der Waals surface area contributed by atoms with Gasteiger partial charge in [0.15, 0.2) is 0 Å². The lowest BCUT2D eigenvalue weighted by Gasteiger charge is -2.17. The summed E-state index contributed by atoms with van der Waals surface area (Å²) in [6.07, 6.45) is 4.26. The van der Waals surface area contributed by atoms with Gasteiger partial charge in [-0.2, -0.15) is 0 Å². The number of nitrogens with one attached hydrogen (secondary N) is 1. The quantitative estimate of drug-likeness (QED) is 0.508. The van der Waals surface area contributed by atoms with Gasteiger partial charge >= 0.3 is 0 Å². The summed E-state index contributed by atoms with van der Waals surface area (Å²) in [6, 6.07) is 19.7. The number of nitrogens with zero attached hydrogens (tertiary/aromatic N) is 1. The normalized spacial score (nSPS) is 13.1. The second-order valence-electron chi connectivity index (χ2n) is 6.39. The lowest BCUT2D eigenvalue weighted by molar-refractivity contribution is 0.905. The van der Waals surface area contributed by atoms with E-state index in [9.17, 15) is 0 Å². The number of benzene rings is 2. The third-order valence-electron chi connectivity index (χ3n) is 4.95. The molecule has 5 rings (SSSR count). The highest BCUT2D eigenvalue weighted by Crippen LogP contribution is 2.41. The molecule has 1 aliphatic rings. The molecule has 0 aliphatic heterocycles. The Morgan fingerprint density at radius 3 is 2.70 bits per heavy atom. The van der Waals surface area contributed by atoms with E-state index in [2.05, 4.69) is 77.3 Å². The molecule has 0 saturated carbocycles. The van der Waals surface area contributed by atoms with Gasteiger partial charge in [0, 0.05) is 28.5 Å². The molecule has 0 amide bonds. The minimum Gasteiger partial charge on any atom is -0.364 e. The first-order chi connectivity index (χ1) is 11.3. The van der Waals surface area contributed by atoms with Gasteiger partial charge in [0.25, 0.3) is 0 Å². The zero-order valence-corrected chi connectivity index (χ0v) is 13.1. The first-order valence-corrected chi connectivity index (χ1v) is 8.19. The van der Waals surface area contributed by atoms with Crippen molar-refractivity contribution >= 4 is 10.9 Å². The largest absolute Gasteiger partial charge is 0.364 e. The van der Waals surface area contributed by atoms with Crippen molar-refractivity contribution < 1.29 is 0 Å². The van der Waals surface area contributed by atoms with Crippen LogP contribution < -0.4 is 0 Å². The standard InChI is InChI=1S/C21H18N2/c1-14-7-10-20-18(13-14)16-8-9-19-17(11-12-22-19)21(16)23(20)15-5-3-2-4-6-15/h2-7,10-13,22H,8-9H2,1H3. The summed E-state index contributed by atoms with van der Waals surface area (Å²) in [5.74, 6) is 0. The summed E-state index contributed by atoms with van der Waals surface area (Å²) < 4.78 is 2.43. The zero-order chi connectivity index (χ0) is 15.4. The SMILES string of the molecule is Cc1ccc2c(c1)c1c(n2-c2ccccc2)-c2cc[nH]c2CC1. The van der Waals surface area contributed by atoms with Gasteiger partial charge in [0.05, 0.1) is 11.2 Å². The molecule has 0 bridgehead atoms. The summed E-state index contributed by atoms with van der Waals surface area (Å²) >= 11 is 0. The van der Waals surface area contributed by atoms with Crippen molar-refractivity contribution in [3.8, 4) is 16.9 Å². The molecule has 2 aromatic carbocycles. The van der Waals surface area contributed by atoms with Crippen molar-refractivity contribution in [2.45, 2.75) is 19.8 Å². The fourth-order valence-corrected chi connectivity index (χ4v) is 3.93. The van der Waals surface area contributed by atoms with Gasteiger partial charge in [0.2, 0.25) is 0 Å². The number of aromatic amines is 1. The number of hydrogen-bond acceptors (Lipinski definition) is 0. The Morgan fingerprint density at radius 2 is 1.83 bits per heavy atom. The van der Waals surface area contributed by atoms with Gasteiger partial charge in [-0.15, -0.1) is 0 Å². The van der Waals surface area contributed by atoms with E-state index in [-0.39, 0.29) is 0 Å². The molecule has 2 heterocycles.